The summed E-state index contributed by atoms with van der Waals surface area (Å²) in [6.07, 6.45) is -2.69. The molecule has 0 aliphatic heterocycles. The predicted octanol–water partition coefficient (Wildman–Crippen LogP) is 1.41. The van der Waals surface area contributed by atoms with Crippen LogP contribution in [-0.2, 0) is 6.61 Å². The van der Waals surface area contributed by atoms with E-state index in [0.717, 1.165) is 6.07 Å². The first kappa shape index (κ1) is 10.6. The average Bonchev–Trinajstić information content (AvgIpc) is 2.08. The van der Waals surface area contributed by atoms with Gasteiger partial charge in [-0.15, -0.1) is 0 Å². The lowest BCUT2D eigenvalue weighted by atomic mass is 10.2. The second kappa shape index (κ2) is 4.14. The van der Waals surface area contributed by atoms with Crippen molar-refractivity contribution in [1.29, 1.82) is 0 Å². The molecule has 72 valence electrons. The van der Waals surface area contributed by atoms with E-state index in [4.69, 9.17) is 5.11 Å². The van der Waals surface area contributed by atoms with Gasteiger partial charge in [-0.25, -0.2) is 8.78 Å². The molecule has 0 amide bonds. The molecule has 0 unspecified atom stereocenters. The highest BCUT2D eigenvalue weighted by atomic mass is 127. The van der Waals surface area contributed by atoms with Crippen molar-refractivity contribution in [3.05, 3.63) is 31.2 Å². The van der Waals surface area contributed by atoms with Crippen molar-refractivity contribution < 1.29 is 13.9 Å². The summed E-state index contributed by atoms with van der Waals surface area (Å²) in [6, 6.07) is 1.08. The van der Waals surface area contributed by atoms with Crippen LogP contribution >= 0.6 is 22.6 Å². The molecule has 0 atom stereocenters. The number of aliphatic hydroxyl groups excluding tert-OH is 1. The van der Waals surface area contributed by atoms with Gasteiger partial charge in [0.1, 0.15) is 0 Å². The summed E-state index contributed by atoms with van der Waals surface area (Å²) in [5.41, 5.74) is -0.916. The number of alkyl halides is 2. The number of H-pyrrole nitrogens is 1. The largest absolute Gasteiger partial charge is 0.390 e. The lowest BCUT2D eigenvalue weighted by Crippen LogP contribution is -2.14. The summed E-state index contributed by atoms with van der Waals surface area (Å²) in [5.74, 6) is 0. The van der Waals surface area contributed by atoms with Gasteiger partial charge in [0.05, 0.1) is 15.9 Å². The van der Waals surface area contributed by atoms with Crippen molar-refractivity contribution in [3.8, 4) is 0 Å². The van der Waals surface area contributed by atoms with E-state index in [1.54, 1.807) is 22.6 Å². The summed E-state index contributed by atoms with van der Waals surface area (Å²) < 4.78 is 24.8. The summed E-state index contributed by atoms with van der Waals surface area (Å²) >= 11 is 1.66. The van der Waals surface area contributed by atoms with E-state index in [0.29, 0.717) is 0 Å². The van der Waals surface area contributed by atoms with Gasteiger partial charge in [-0.3, -0.25) is 4.79 Å². The Morgan fingerprint density at radius 2 is 2.23 bits per heavy atom. The highest BCUT2D eigenvalue weighted by Crippen LogP contribution is 2.21. The number of hydrogen-bond acceptors (Lipinski definition) is 2. The summed E-state index contributed by atoms with van der Waals surface area (Å²) in [4.78, 5) is 13.1. The molecule has 0 bridgehead atoms. The normalized spacial score (nSPS) is 10.8. The monoisotopic (exact) mass is 301 g/mol. The highest BCUT2D eigenvalue weighted by Gasteiger charge is 2.14. The quantitative estimate of drug-likeness (QED) is 0.812. The zero-order chi connectivity index (χ0) is 10.0. The number of aromatic nitrogens is 1. The first-order valence-electron chi connectivity index (χ1n) is 3.37. The van der Waals surface area contributed by atoms with Gasteiger partial charge in [0.25, 0.3) is 12.0 Å². The lowest BCUT2D eigenvalue weighted by molar-refractivity contribution is 0.146. The predicted molar refractivity (Wildman–Crippen MR) is 50.7 cm³/mol. The van der Waals surface area contributed by atoms with Crippen LogP contribution in [0.25, 0.3) is 0 Å². The minimum atomic E-state index is -2.69. The van der Waals surface area contributed by atoms with Crippen LogP contribution in [0.5, 0.6) is 0 Å². The van der Waals surface area contributed by atoms with Crippen LogP contribution in [0.2, 0.25) is 0 Å². The van der Waals surface area contributed by atoms with Gasteiger partial charge in [0.15, 0.2) is 0 Å². The number of aromatic amines is 1. The molecule has 0 fully saturated rings. The zero-order valence-corrected chi connectivity index (χ0v) is 8.51. The minimum absolute atomic E-state index is 0.125. The smallest absolute Gasteiger partial charge is 0.265 e. The molecule has 0 saturated heterocycles. The molecule has 1 heterocycles. The molecule has 0 radical (unpaired) electrons. The standard InChI is InChI=1S/C7H6F2INO2/c8-6(9)3-1-4(10)7(13)11-5(3)2-12/h1,6,12H,2H2,(H,11,13). The van der Waals surface area contributed by atoms with Gasteiger partial charge >= 0.3 is 0 Å². The Balaban J connectivity index is 3.33. The molecular formula is C7H6F2INO2. The van der Waals surface area contributed by atoms with Crippen molar-refractivity contribution >= 4 is 22.6 Å². The summed E-state index contributed by atoms with van der Waals surface area (Å²) in [6.45, 7) is -0.591. The van der Waals surface area contributed by atoms with E-state index < -0.39 is 18.6 Å². The highest BCUT2D eigenvalue weighted by molar-refractivity contribution is 14.1. The Labute approximate surface area is 85.9 Å². The Bertz CT molecular complexity index is 364. The topological polar surface area (TPSA) is 53.1 Å². The lowest BCUT2D eigenvalue weighted by Gasteiger charge is -2.05. The van der Waals surface area contributed by atoms with Gasteiger partial charge in [0, 0.05) is 5.56 Å². The van der Waals surface area contributed by atoms with Crippen molar-refractivity contribution in [2.45, 2.75) is 13.0 Å². The number of halogens is 3. The zero-order valence-electron chi connectivity index (χ0n) is 6.35. The van der Waals surface area contributed by atoms with Gasteiger partial charge < -0.3 is 10.1 Å². The number of hydrogen-bond donors (Lipinski definition) is 2. The maximum Gasteiger partial charge on any atom is 0.265 e. The maximum absolute atomic E-state index is 12.3. The SMILES string of the molecule is O=c1[nH]c(CO)c(C(F)F)cc1I. The van der Waals surface area contributed by atoms with Crippen molar-refractivity contribution in [1.82, 2.24) is 4.98 Å². The third-order valence-electron chi connectivity index (χ3n) is 1.51. The van der Waals surface area contributed by atoms with Gasteiger partial charge in [0.2, 0.25) is 0 Å². The molecule has 0 saturated carbocycles. The maximum atomic E-state index is 12.3. The number of nitrogens with one attached hydrogen (secondary N) is 1. The van der Waals surface area contributed by atoms with Gasteiger partial charge in [-0.2, -0.15) is 0 Å². The number of rotatable bonds is 2. The fourth-order valence-corrected chi connectivity index (χ4v) is 1.35. The molecule has 1 aromatic heterocycles. The average molecular weight is 301 g/mol. The van der Waals surface area contributed by atoms with Crippen LogP contribution in [0, 0.1) is 3.57 Å². The van der Waals surface area contributed by atoms with E-state index >= 15 is 0 Å². The molecule has 1 rings (SSSR count). The first-order valence-corrected chi connectivity index (χ1v) is 4.44. The molecular weight excluding hydrogens is 295 g/mol. The number of pyridine rings is 1. The fourth-order valence-electron chi connectivity index (χ4n) is 0.884. The Kier molecular flexibility index (Phi) is 3.37. The molecule has 13 heavy (non-hydrogen) atoms. The van der Waals surface area contributed by atoms with E-state index in [1.165, 1.54) is 0 Å². The third kappa shape index (κ3) is 2.25. The van der Waals surface area contributed by atoms with E-state index in [2.05, 4.69) is 4.98 Å². The number of aliphatic hydroxyl groups is 1. The molecule has 2 N–H and O–H groups in total. The molecule has 1 aromatic rings. The van der Waals surface area contributed by atoms with E-state index in [1.807, 2.05) is 0 Å². The second-order valence-corrected chi connectivity index (χ2v) is 3.50. The van der Waals surface area contributed by atoms with Crippen LogP contribution in [0.4, 0.5) is 8.78 Å². The second-order valence-electron chi connectivity index (χ2n) is 2.34. The van der Waals surface area contributed by atoms with Crippen LogP contribution in [0.15, 0.2) is 10.9 Å². The minimum Gasteiger partial charge on any atom is -0.390 e. The van der Waals surface area contributed by atoms with Crippen molar-refractivity contribution in [2.75, 3.05) is 0 Å². The molecule has 0 spiro atoms. The van der Waals surface area contributed by atoms with E-state index in [-0.39, 0.29) is 14.8 Å². The molecule has 0 aliphatic carbocycles. The summed E-state index contributed by atoms with van der Waals surface area (Å²) in [5, 5.41) is 8.68. The molecule has 3 nitrogen and oxygen atoms in total. The molecule has 0 aliphatic rings. The van der Waals surface area contributed by atoms with Crippen molar-refractivity contribution in [3.63, 3.8) is 0 Å². The van der Waals surface area contributed by atoms with Crippen LogP contribution in [0.1, 0.15) is 17.7 Å². The first-order chi connectivity index (χ1) is 6.06. The Morgan fingerprint density at radius 3 is 2.69 bits per heavy atom. The van der Waals surface area contributed by atoms with Crippen molar-refractivity contribution in [2.24, 2.45) is 0 Å². The van der Waals surface area contributed by atoms with Gasteiger partial charge in [-0.1, -0.05) is 0 Å². The molecule has 6 heteroatoms. The summed E-state index contributed by atoms with van der Waals surface area (Å²) in [7, 11) is 0. The molecule has 0 aromatic carbocycles. The van der Waals surface area contributed by atoms with Crippen LogP contribution < -0.4 is 5.56 Å². The van der Waals surface area contributed by atoms with E-state index in [9.17, 15) is 13.6 Å². The van der Waals surface area contributed by atoms with Crippen LogP contribution in [-0.4, -0.2) is 10.1 Å². The Hall–Kier alpha value is -0.500. The van der Waals surface area contributed by atoms with Gasteiger partial charge in [-0.05, 0) is 28.7 Å². The Morgan fingerprint density at radius 1 is 1.62 bits per heavy atom. The van der Waals surface area contributed by atoms with Crippen LogP contribution in [0.3, 0.4) is 0 Å². The third-order valence-corrected chi connectivity index (χ3v) is 2.31. The fraction of sp³-hybridized carbons (Fsp3) is 0.286.